The molecule has 1 fully saturated rings. The number of hydrogen-bond donors (Lipinski definition) is 1. The van der Waals surface area contributed by atoms with Crippen molar-refractivity contribution in [2.75, 3.05) is 13.2 Å². The largest absolute Gasteiger partial charge is 0.490 e. The number of rotatable bonds is 1. The number of ether oxygens (including phenoxy) is 1. The number of morpholine rings is 1. The van der Waals surface area contributed by atoms with E-state index in [2.05, 4.69) is 11.9 Å². The topological polar surface area (TPSA) is 21.3 Å². The fourth-order valence-electron chi connectivity index (χ4n) is 1.01. The predicted octanol–water partition coefficient (Wildman–Crippen LogP) is 1.58. The van der Waals surface area contributed by atoms with Crippen molar-refractivity contribution >= 4 is 0 Å². The molecule has 0 spiro atoms. The first-order chi connectivity index (χ1) is 5.38. The Morgan fingerprint density at radius 1 is 1.64 bits per heavy atom. The van der Waals surface area contributed by atoms with Gasteiger partial charge >= 0.3 is 0 Å². The molecule has 0 bridgehead atoms. The standard InChI is InChI=1S/C9H13NO/c1-3-5-8-9(4-2)11-7-6-10-8/h3-5,10H,1,6-7H2,2H3/b8-5+,9-4?. The first kappa shape index (κ1) is 7.92. The molecule has 1 N–H and O–H groups in total. The second-order valence-electron chi connectivity index (χ2n) is 2.24. The van der Waals surface area contributed by atoms with Gasteiger partial charge in [0.25, 0.3) is 0 Å². The predicted molar refractivity (Wildman–Crippen MR) is 46.0 cm³/mol. The van der Waals surface area contributed by atoms with Gasteiger partial charge in [-0.05, 0) is 19.1 Å². The summed E-state index contributed by atoms with van der Waals surface area (Å²) in [6.07, 6.45) is 5.61. The van der Waals surface area contributed by atoms with Crippen molar-refractivity contribution < 1.29 is 4.74 Å². The van der Waals surface area contributed by atoms with Crippen LogP contribution in [0.4, 0.5) is 0 Å². The molecule has 2 nitrogen and oxygen atoms in total. The zero-order chi connectivity index (χ0) is 8.10. The highest BCUT2D eigenvalue weighted by molar-refractivity contribution is 5.28. The maximum Gasteiger partial charge on any atom is 0.138 e. The Labute approximate surface area is 67.2 Å². The molecule has 1 aliphatic heterocycles. The SMILES string of the molecule is C=C/C=C1/NCCOC1=CC. The Morgan fingerprint density at radius 3 is 3.09 bits per heavy atom. The lowest BCUT2D eigenvalue weighted by Crippen LogP contribution is -2.27. The van der Waals surface area contributed by atoms with Crippen LogP contribution >= 0.6 is 0 Å². The van der Waals surface area contributed by atoms with Crippen LogP contribution in [0.15, 0.2) is 36.3 Å². The molecule has 1 saturated heterocycles. The van der Waals surface area contributed by atoms with Gasteiger partial charge in [-0.2, -0.15) is 0 Å². The lowest BCUT2D eigenvalue weighted by molar-refractivity contribution is 0.196. The fourth-order valence-corrected chi connectivity index (χ4v) is 1.01. The Kier molecular flexibility index (Phi) is 2.78. The van der Waals surface area contributed by atoms with Crippen molar-refractivity contribution in [3.8, 4) is 0 Å². The highest BCUT2D eigenvalue weighted by atomic mass is 16.5. The molecule has 0 aliphatic carbocycles. The van der Waals surface area contributed by atoms with Crippen LogP contribution in [0, 0.1) is 0 Å². The van der Waals surface area contributed by atoms with Crippen molar-refractivity contribution in [3.05, 3.63) is 36.3 Å². The van der Waals surface area contributed by atoms with Gasteiger partial charge in [-0.25, -0.2) is 0 Å². The minimum atomic E-state index is 0.744. The number of nitrogens with one attached hydrogen (secondary N) is 1. The van der Waals surface area contributed by atoms with Gasteiger partial charge in [0, 0.05) is 6.54 Å². The normalized spacial score (nSPS) is 24.5. The van der Waals surface area contributed by atoms with E-state index in [0.717, 1.165) is 24.6 Å². The Balaban J connectivity index is 2.74. The summed E-state index contributed by atoms with van der Waals surface area (Å²) in [7, 11) is 0. The monoisotopic (exact) mass is 151 g/mol. The molecule has 1 rings (SSSR count). The molecule has 0 amide bonds. The third-order valence-electron chi connectivity index (χ3n) is 1.49. The number of hydrogen-bond acceptors (Lipinski definition) is 2. The molecule has 0 unspecified atom stereocenters. The van der Waals surface area contributed by atoms with Gasteiger partial charge in [0.15, 0.2) is 0 Å². The summed E-state index contributed by atoms with van der Waals surface area (Å²) >= 11 is 0. The van der Waals surface area contributed by atoms with Crippen LogP contribution in [0.2, 0.25) is 0 Å². The molecular weight excluding hydrogens is 138 g/mol. The van der Waals surface area contributed by atoms with E-state index in [-0.39, 0.29) is 0 Å². The van der Waals surface area contributed by atoms with Crippen molar-refractivity contribution in [3.63, 3.8) is 0 Å². The summed E-state index contributed by atoms with van der Waals surface area (Å²) in [4.78, 5) is 0. The molecule has 0 aromatic heterocycles. The first-order valence-corrected chi connectivity index (χ1v) is 3.74. The van der Waals surface area contributed by atoms with Crippen LogP contribution in [0.25, 0.3) is 0 Å². The van der Waals surface area contributed by atoms with E-state index in [1.165, 1.54) is 0 Å². The third kappa shape index (κ3) is 1.87. The number of allylic oxidation sites excluding steroid dienone is 3. The Hall–Kier alpha value is -1.18. The highest BCUT2D eigenvalue weighted by Gasteiger charge is 2.08. The second kappa shape index (κ2) is 3.86. The van der Waals surface area contributed by atoms with Crippen LogP contribution in [0.5, 0.6) is 0 Å². The summed E-state index contributed by atoms with van der Waals surface area (Å²) in [5.41, 5.74) is 1.02. The van der Waals surface area contributed by atoms with Gasteiger partial charge in [-0.1, -0.05) is 12.7 Å². The smallest absolute Gasteiger partial charge is 0.138 e. The maximum atomic E-state index is 5.37. The highest BCUT2D eigenvalue weighted by Crippen LogP contribution is 2.11. The molecule has 0 aromatic carbocycles. The van der Waals surface area contributed by atoms with Crippen LogP contribution in [-0.4, -0.2) is 13.2 Å². The lowest BCUT2D eigenvalue weighted by atomic mass is 10.3. The van der Waals surface area contributed by atoms with Gasteiger partial charge in [-0.3, -0.25) is 0 Å². The van der Waals surface area contributed by atoms with Gasteiger partial charge < -0.3 is 10.1 Å². The second-order valence-corrected chi connectivity index (χ2v) is 2.24. The van der Waals surface area contributed by atoms with E-state index in [1.807, 2.05) is 19.1 Å². The van der Waals surface area contributed by atoms with Crippen molar-refractivity contribution in [1.29, 1.82) is 0 Å². The van der Waals surface area contributed by atoms with Crippen molar-refractivity contribution in [1.82, 2.24) is 5.32 Å². The average Bonchev–Trinajstić information content (AvgIpc) is 2.06. The van der Waals surface area contributed by atoms with E-state index in [4.69, 9.17) is 4.74 Å². The quantitative estimate of drug-likeness (QED) is 0.614. The minimum Gasteiger partial charge on any atom is -0.490 e. The molecule has 11 heavy (non-hydrogen) atoms. The molecule has 2 heteroatoms. The molecular formula is C9H13NO. The molecule has 0 aromatic rings. The van der Waals surface area contributed by atoms with Crippen LogP contribution in [0.3, 0.4) is 0 Å². The third-order valence-corrected chi connectivity index (χ3v) is 1.49. The fraction of sp³-hybridized carbons (Fsp3) is 0.333. The zero-order valence-corrected chi connectivity index (χ0v) is 6.76. The average molecular weight is 151 g/mol. The van der Waals surface area contributed by atoms with E-state index in [9.17, 15) is 0 Å². The molecule has 1 aliphatic rings. The van der Waals surface area contributed by atoms with Crippen molar-refractivity contribution in [2.24, 2.45) is 0 Å². The Bertz CT molecular complexity index is 204. The lowest BCUT2D eigenvalue weighted by Gasteiger charge is -2.20. The van der Waals surface area contributed by atoms with Crippen molar-refractivity contribution in [2.45, 2.75) is 6.92 Å². The van der Waals surface area contributed by atoms with Crippen LogP contribution in [0.1, 0.15) is 6.92 Å². The van der Waals surface area contributed by atoms with E-state index in [0.29, 0.717) is 0 Å². The summed E-state index contributed by atoms with van der Waals surface area (Å²) in [6.45, 7) is 7.20. The molecule has 0 saturated carbocycles. The summed E-state index contributed by atoms with van der Waals surface area (Å²) < 4.78 is 5.37. The summed E-state index contributed by atoms with van der Waals surface area (Å²) in [5, 5.41) is 3.22. The molecule has 60 valence electrons. The first-order valence-electron chi connectivity index (χ1n) is 3.74. The molecule has 0 atom stereocenters. The van der Waals surface area contributed by atoms with Crippen LogP contribution in [-0.2, 0) is 4.74 Å². The van der Waals surface area contributed by atoms with E-state index in [1.54, 1.807) is 6.08 Å². The summed E-state index contributed by atoms with van der Waals surface area (Å²) in [6, 6.07) is 0. The van der Waals surface area contributed by atoms with Gasteiger partial charge in [0.05, 0.1) is 5.70 Å². The van der Waals surface area contributed by atoms with Gasteiger partial charge in [0.1, 0.15) is 12.4 Å². The van der Waals surface area contributed by atoms with Crippen LogP contribution < -0.4 is 5.32 Å². The molecule has 0 radical (unpaired) electrons. The Morgan fingerprint density at radius 2 is 2.45 bits per heavy atom. The van der Waals surface area contributed by atoms with Gasteiger partial charge in [0.2, 0.25) is 0 Å². The zero-order valence-electron chi connectivity index (χ0n) is 6.76. The maximum absolute atomic E-state index is 5.37. The van der Waals surface area contributed by atoms with Gasteiger partial charge in [-0.15, -0.1) is 0 Å². The van der Waals surface area contributed by atoms with E-state index >= 15 is 0 Å². The summed E-state index contributed by atoms with van der Waals surface area (Å²) in [5.74, 6) is 0.913. The molecule has 1 heterocycles. The van der Waals surface area contributed by atoms with E-state index < -0.39 is 0 Å². The minimum absolute atomic E-state index is 0.744.